The molecule has 1 aliphatic rings. The zero-order valence-electron chi connectivity index (χ0n) is 13.3. The lowest BCUT2D eigenvalue weighted by molar-refractivity contribution is -0.121. The first-order valence-corrected chi connectivity index (χ1v) is 9.72. The minimum Gasteiger partial charge on any atom is -0.326 e. The molecule has 0 bridgehead atoms. The number of likely N-dealkylation sites (tertiary alicyclic amines) is 1. The first-order valence-electron chi connectivity index (χ1n) is 8.13. The van der Waals surface area contributed by atoms with E-state index < -0.39 is 0 Å². The molecule has 1 saturated heterocycles. The van der Waals surface area contributed by atoms with E-state index in [2.05, 4.69) is 66.3 Å². The van der Waals surface area contributed by atoms with Gasteiger partial charge in [0, 0.05) is 27.7 Å². The van der Waals surface area contributed by atoms with Crippen LogP contribution in [-0.4, -0.2) is 23.9 Å². The van der Waals surface area contributed by atoms with Gasteiger partial charge in [-0.2, -0.15) is 0 Å². The van der Waals surface area contributed by atoms with Gasteiger partial charge in [-0.3, -0.25) is 9.69 Å². The Morgan fingerprint density at radius 2 is 1.67 bits per heavy atom. The fraction of sp³-hybridized carbons (Fsp3) is 0.316. The number of amides is 1. The van der Waals surface area contributed by atoms with Crippen molar-refractivity contribution < 1.29 is 4.79 Å². The molecule has 0 saturated carbocycles. The summed E-state index contributed by atoms with van der Waals surface area (Å²) in [6, 6.07) is 16.1. The van der Waals surface area contributed by atoms with Gasteiger partial charge in [0.25, 0.3) is 0 Å². The third-order valence-electron chi connectivity index (χ3n) is 4.31. The van der Waals surface area contributed by atoms with Crippen LogP contribution in [0.2, 0.25) is 0 Å². The van der Waals surface area contributed by atoms with Crippen molar-refractivity contribution in [3.05, 3.63) is 63.0 Å². The lowest BCUT2D eigenvalue weighted by Gasteiger charge is -2.32. The molecular formula is C19H20Br2N2O. The SMILES string of the molecule is O=C(Nc1ccc(Br)cc1)C1CCCN(Cc2ccc(Br)cc2)C1. The maximum atomic E-state index is 12.5. The number of rotatable bonds is 4. The van der Waals surface area contributed by atoms with Crippen LogP contribution in [0.15, 0.2) is 57.5 Å². The van der Waals surface area contributed by atoms with Crippen molar-refractivity contribution >= 4 is 43.5 Å². The van der Waals surface area contributed by atoms with Crippen LogP contribution in [0.5, 0.6) is 0 Å². The van der Waals surface area contributed by atoms with E-state index in [9.17, 15) is 4.79 Å². The van der Waals surface area contributed by atoms with Gasteiger partial charge >= 0.3 is 0 Å². The molecule has 1 N–H and O–H groups in total. The molecule has 2 aromatic rings. The van der Waals surface area contributed by atoms with Crippen molar-refractivity contribution in [2.24, 2.45) is 5.92 Å². The fourth-order valence-electron chi connectivity index (χ4n) is 3.04. The number of halogens is 2. The predicted molar refractivity (Wildman–Crippen MR) is 105 cm³/mol. The normalized spacial score (nSPS) is 18.3. The lowest BCUT2D eigenvalue weighted by atomic mass is 9.96. The summed E-state index contributed by atoms with van der Waals surface area (Å²) >= 11 is 6.88. The smallest absolute Gasteiger partial charge is 0.228 e. The van der Waals surface area contributed by atoms with Crippen molar-refractivity contribution in [3.63, 3.8) is 0 Å². The molecule has 0 radical (unpaired) electrons. The van der Waals surface area contributed by atoms with Gasteiger partial charge in [0.1, 0.15) is 0 Å². The van der Waals surface area contributed by atoms with Crippen LogP contribution in [0.1, 0.15) is 18.4 Å². The largest absolute Gasteiger partial charge is 0.326 e. The number of anilines is 1. The van der Waals surface area contributed by atoms with E-state index in [1.807, 2.05) is 24.3 Å². The second kappa shape index (κ2) is 8.28. The number of benzene rings is 2. The zero-order valence-corrected chi connectivity index (χ0v) is 16.5. The van der Waals surface area contributed by atoms with E-state index in [4.69, 9.17) is 0 Å². The zero-order chi connectivity index (χ0) is 16.9. The van der Waals surface area contributed by atoms with Crippen molar-refractivity contribution in [1.29, 1.82) is 0 Å². The summed E-state index contributed by atoms with van der Waals surface area (Å²) in [7, 11) is 0. The third kappa shape index (κ3) is 4.91. The summed E-state index contributed by atoms with van der Waals surface area (Å²) < 4.78 is 2.11. The van der Waals surface area contributed by atoms with Crippen LogP contribution in [-0.2, 0) is 11.3 Å². The molecule has 1 fully saturated rings. The Morgan fingerprint density at radius 1 is 1.04 bits per heavy atom. The molecule has 1 amide bonds. The summed E-state index contributed by atoms with van der Waals surface area (Å²) in [5.74, 6) is 0.177. The average Bonchev–Trinajstić information content (AvgIpc) is 2.59. The van der Waals surface area contributed by atoms with Crippen molar-refractivity contribution in [2.75, 3.05) is 18.4 Å². The molecule has 3 rings (SSSR count). The van der Waals surface area contributed by atoms with Crippen LogP contribution < -0.4 is 5.32 Å². The molecule has 5 heteroatoms. The average molecular weight is 452 g/mol. The van der Waals surface area contributed by atoms with Crippen LogP contribution in [0.25, 0.3) is 0 Å². The molecule has 0 aromatic heterocycles. The van der Waals surface area contributed by atoms with Gasteiger partial charge in [-0.15, -0.1) is 0 Å². The Balaban J connectivity index is 1.57. The van der Waals surface area contributed by atoms with E-state index in [1.165, 1.54) is 5.56 Å². The van der Waals surface area contributed by atoms with Crippen molar-refractivity contribution in [3.8, 4) is 0 Å². The van der Waals surface area contributed by atoms with Crippen molar-refractivity contribution in [2.45, 2.75) is 19.4 Å². The number of nitrogens with one attached hydrogen (secondary N) is 1. The second-order valence-electron chi connectivity index (χ2n) is 6.20. The highest BCUT2D eigenvalue weighted by Gasteiger charge is 2.25. The highest BCUT2D eigenvalue weighted by atomic mass is 79.9. The number of carbonyl (C=O) groups excluding carboxylic acids is 1. The molecule has 2 aromatic carbocycles. The van der Waals surface area contributed by atoms with Crippen LogP contribution in [0, 0.1) is 5.92 Å². The molecule has 126 valence electrons. The molecule has 1 atom stereocenters. The minimum atomic E-state index is 0.0536. The molecule has 1 aliphatic heterocycles. The van der Waals surface area contributed by atoms with E-state index in [1.54, 1.807) is 0 Å². The molecule has 1 heterocycles. The Bertz CT molecular complexity index is 686. The fourth-order valence-corrected chi connectivity index (χ4v) is 3.57. The van der Waals surface area contributed by atoms with Crippen LogP contribution in [0.4, 0.5) is 5.69 Å². The van der Waals surface area contributed by atoms with Gasteiger partial charge in [-0.25, -0.2) is 0 Å². The van der Waals surface area contributed by atoms with Gasteiger partial charge in [0.15, 0.2) is 0 Å². The molecule has 24 heavy (non-hydrogen) atoms. The van der Waals surface area contributed by atoms with Gasteiger partial charge < -0.3 is 5.32 Å². The standard InChI is InChI=1S/C19H20Br2N2O/c20-16-5-3-14(4-6-16)12-23-11-1-2-15(13-23)19(24)22-18-9-7-17(21)8-10-18/h3-10,15H,1-2,11-13H2,(H,22,24). The summed E-state index contributed by atoms with van der Waals surface area (Å²) in [6.07, 6.45) is 2.02. The summed E-state index contributed by atoms with van der Waals surface area (Å²) in [5.41, 5.74) is 2.14. The van der Waals surface area contributed by atoms with E-state index in [0.717, 1.165) is 47.1 Å². The Labute approximate surface area is 159 Å². The van der Waals surface area contributed by atoms with Gasteiger partial charge in [0.2, 0.25) is 5.91 Å². The number of carbonyl (C=O) groups is 1. The topological polar surface area (TPSA) is 32.3 Å². The summed E-state index contributed by atoms with van der Waals surface area (Å²) in [4.78, 5) is 14.9. The summed E-state index contributed by atoms with van der Waals surface area (Å²) in [6.45, 7) is 2.77. The number of piperidine rings is 1. The van der Waals surface area contributed by atoms with E-state index in [0.29, 0.717) is 0 Å². The third-order valence-corrected chi connectivity index (χ3v) is 5.36. The maximum Gasteiger partial charge on any atom is 0.228 e. The van der Waals surface area contributed by atoms with E-state index >= 15 is 0 Å². The van der Waals surface area contributed by atoms with Crippen LogP contribution in [0.3, 0.4) is 0 Å². The Hall–Kier alpha value is -1.17. The summed E-state index contributed by atoms with van der Waals surface area (Å²) in [5, 5.41) is 3.04. The molecule has 0 spiro atoms. The molecule has 1 unspecified atom stereocenters. The van der Waals surface area contributed by atoms with E-state index in [-0.39, 0.29) is 11.8 Å². The first kappa shape index (κ1) is 17.6. The first-order chi connectivity index (χ1) is 11.6. The van der Waals surface area contributed by atoms with Crippen molar-refractivity contribution in [1.82, 2.24) is 4.90 Å². The maximum absolute atomic E-state index is 12.5. The van der Waals surface area contributed by atoms with Gasteiger partial charge in [0.05, 0.1) is 5.92 Å². The Kier molecular flexibility index (Phi) is 6.09. The number of hydrogen-bond acceptors (Lipinski definition) is 2. The highest BCUT2D eigenvalue weighted by Crippen LogP contribution is 2.22. The quantitative estimate of drug-likeness (QED) is 0.704. The molecule has 0 aliphatic carbocycles. The number of nitrogens with zero attached hydrogens (tertiary/aromatic N) is 1. The lowest BCUT2D eigenvalue weighted by Crippen LogP contribution is -2.40. The second-order valence-corrected chi connectivity index (χ2v) is 8.03. The molecule has 3 nitrogen and oxygen atoms in total. The highest BCUT2D eigenvalue weighted by molar-refractivity contribution is 9.10. The van der Waals surface area contributed by atoms with Crippen LogP contribution >= 0.6 is 31.9 Å². The Morgan fingerprint density at radius 3 is 2.33 bits per heavy atom. The molecular weight excluding hydrogens is 432 g/mol. The monoisotopic (exact) mass is 450 g/mol. The number of hydrogen-bond donors (Lipinski definition) is 1. The predicted octanol–water partition coefficient (Wildman–Crippen LogP) is 5.06. The van der Waals surface area contributed by atoms with Gasteiger partial charge in [-0.05, 0) is 61.3 Å². The minimum absolute atomic E-state index is 0.0536. The van der Waals surface area contributed by atoms with Gasteiger partial charge in [-0.1, -0.05) is 44.0 Å².